The zero-order valence-electron chi connectivity index (χ0n) is 15.2. The molecule has 0 bridgehead atoms. The third-order valence-corrected chi connectivity index (χ3v) is 4.79. The van der Waals surface area contributed by atoms with Crippen molar-refractivity contribution in [2.75, 3.05) is 19.6 Å². The van der Waals surface area contributed by atoms with E-state index >= 15 is 0 Å². The van der Waals surface area contributed by atoms with E-state index in [-0.39, 0.29) is 11.5 Å². The number of benzene rings is 1. The van der Waals surface area contributed by atoms with Gasteiger partial charge in [0.2, 0.25) is 0 Å². The van der Waals surface area contributed by atoms with Crippen LogP contribution in [0.5, 0.6) is 0 Å². The summed E-state index contributed by atoms with van der Waals surface area (Å²) < 4.78 is 0. The minimum Gasteiger partial charge on any atom is -0.390 e. The minimum absolute atomic E-state index is 0.136. The molecule has 1 aromatic carbocycles. The molecular formula is C21H29N3O. The molecule has 2 rings (SSSR count). The molecule has 0 aliphatic carbocycles. The molecular weight excluding hydrogens is 310 g/mol. The number of carbonyl (C=O) groups excluding carboxylic acids is 1. The van der Waals surface area contributed by atoms with E-state index in [0.29, 0.717) is 5.92 Å². The van der Waals surface area contributed by atoms with Crippen molar-refractivity contribution in [1.82, 2.24) is 10.2 Å². The lowest BCUT2D eigenvalue weighted by atomic mass is 9.90. The number of nitriles is 1. The number of piperidine rings is 1. The van der Waals surface area contributed by atoms with Gasteiger partial charge in [-0.05, 0) is 37.2 Å². The van der Waals surface area contributed by atoms with Crippen molar-refractivity contribution in [3.05, 3.63) is 47.7 Å². The highest BCUT2D eigenvalue weighted by atomic mass is 16.2. The first-order chi connectivity index (χ1) is 12.2. The van der Waals surface area contributed by atoms with Crippen LogP contribution in [0.15, 0.2) is 42.1 Å². The molecule has 134 valence electrons. The quantitative estimate of drug-likeness (QED) is 0.447. The van der Waals surface area contributed by atoms with Crippen molar-refractivity contribution in [3.63, 3.8) is 0 Å². The van der Waals surface area contributed by atoms with Crippen molar-refractivity contribution in [2.24, 2.45) is 5.92 Å². The van der Waals surface area contributed by atoms with E-state index in [9.17, 15) is 10.1 Å². The Morgan fingerprint density at radius 3 is 2.64 bits per heavy atom. The summed E-state index contributed by atoms with van der Waals surface area (Å²) in [5.41, 5.74) is 1.58. The van der Waals surface area contributed by atoms with Crippen LogP contribution >= 0.6 is 0 Å². The Balaban J connectivity index is 1.79. The third kappa shape index (κ3) is 6.26. The molecule has 0 saturated carbocycles. The fourth-order valence-electron chi connectivity index (χ4n) is 3.25. The molecule has 1 amide bonds. The number of hydrogen-bond acceptors (Lipinski definition) is 3. The normalized spacial score (nSPS) is 15.7. The first kappa shape index (κ1) is 19.1. The zero-order chi connectivity index (χ0) is 17.9. The Bertz CT molecular complexity index is 595. The largest absolute Gasteiger partial charge is 0.390 e. The van der Waals surface area contributed by atoms with Crippen LogP contribution in [0.1, 0.15) is 44.6 Å². The van der Waals surface area contributed by atoms with Crippen LogP contribution in [0.4, 0.5) is 0 Å². The van der Waals surface area contributed by atoms with Gasteiger partial charge in [-0.3, -0.25) is 4.79 Å². The maximum absolute atomic E-state index is 12.5. The summed E-state index contributed by atoms with van der Waals surface area (Å²) >= 11 is 0. The lowest BCUT2D eigenvalue weighted by molar-refractivity contribution is -0.128. The van der Waals surface area contributed by atoms with Crippen LogP contribution in [0.25, 0.3) is 0 Å². The molecule has 4 nitrogen and oxygen atoms in total. The van der Waals surface area contributed by atoms with Gasteiger partial charge in [-0.15, -0.1) is 0 Å². The van der Waals surface area contributed by atoms with Crippen LogP contribution in [-0.2, 0) is 11.2 Å². The zero-order valence-corrected chi connectivity index (χ0v) is 15.2. The Labute approximate surface area is 151 Å². The number of rotatable bonds is 8. The summed E-state index contributed by atoms with van der Waals surface area (Å²) in [5.74, 6) is 0.483. The van der Waals surface area contributed by atoms with Crippen molar-refractivity contribution in [3.8, 4) is 6.07 Å². The van der Waals surface area contributed by atoms with Gasteiger partial charge in [0, 0.05) is 25.8 Å². The maximum atomic E-state index is 12.5. The van der Waals surface area contributed by atoms with Crippen molar-refractivity contribution < 1.29 is 4.79 Å². The highest BCUT2D eigenvalue weighted by Crippen LogP contribution is 2.22. The molecule has 0 atom stereocenters. The fourth-order valence-corrected chi connectivity index (χ4v) is 3.25. The van der Waals surface area contributed by atoms with Gasteiger partial charge in [-0.2, -0.15) is 5.26 Å². The average molecular weight is 339 g/mol. The smallest absolute Gasteiger partial charge is 0.265 e. The Morgan fingerprint density at radius 1 is 1.28 bits per heavy atom. The highest BCUT2D eigenvalue weighted by Gasteiger charge is 2.25. The second kappa shape index (κ2) is 10.6. The topological polar surface area (TPSA) is 56.1 Å². The van der Waals surface area contributed by atoms with E-state index in [1.807, 2.05) is 17.0 Å². The lowest BCUT2D eigenvalue weighted by Crippen LogP contribution is -2.39. The summed E-state index contributed by atoms with van der Waals surface area (Å²) in [5, 5.41) is 12.4. The van der Waals surface area contributed by atoms with E-state index in [2.05, 4.69) is 36.5 Å². The Hall–Kier alpha value is -2.28. The lowest BCUT2D eigenvalue weighted by Gasteiger charge is -2.32. The SMILES string of the molecule is CCCCCN/C=C(/C#N)C(=O)N1CCC(Cc2ccccc2)CC1. The van der Waals surface area contributed by atoms with Crippen LogP contribution in [0.3, 0.4) is 0 Å². The molecule has 1 heterocycles. The second-order valence-corrected chi connectivity index (χ2v) is 6.76. The molecule has 0 radical (unpaired) electrons. The summed E-state index contributed by atoms with van der Waals surface area (Å²) in [6.07, 6.45) is 8.05. The molecule has 1 aromatic rings. The highest BCUT2D eigenvalue weighted by molar-refractivity contribution is 5.97. The molecule has 25 heavy (non-hydrogen) atoms. The van der Waals surface area contributed by atoms with Crippen LogP contribution in [0.2, 0.25) is 0 Å². The average Bonchev–Trinajstić information content (AvgIpc) is 2.66. The first-order valence-corrected chi connectivity index (χ1v) is 9.41. The van der Waals surface area contributed by atoms with Gasteiger partial charge in [0.05, 0.1) is 0 Å². The maximum Gasteiger partial charge on any atom is 0.265 e. The number of nitrogens with one attached hydrogen (secondary N) is 1. The number of hydrogen-bond donors (Lipinski definition) is 1. The fraction of sp³-hybridized carbons (Fsp3) is 0.524. The molecule has 1 saturated heterocycles. The van der Waals surface area contributed by atoms with Crippen molar-refractivity contribution in [2.45, 2.75) is 45.4 Å². The molecule has 1 N–H and O–H groups in total. The monoisotopic (exact) mass is 339 g/mol. The van der Waals surface area contributed by atoms with E-state index in [1.54, 1.807) is 6.20 Å². The molecule has 1 aliphatic heterocycles. The Morgan fingerprint density at radius 2 is 2.00 bits per heavy atom. The molecule has 0 unspecified atom stereocenters. The van der Waals surface area contributed by atoms with E-state index < -0.39 is 0 Å². The van der Waals surface area contributed by atoms with Crippen LogP contribution < -0.4 is 5.32 Å². The standard InChI is InChI=1S/C21H29N3O/c1-2-3-7-12-23-17-20(16-22)21(25)24-13-10-19(11-14-24)15-18-8-5-4-6-9-18/h4-6,8-9,17,19,23H,2-3,7,10-15H2,1H3/b20-17-. The van der Waals surface area contributed by atoms with Gasteiger partial charge < -0.3 is 10.2 Å². The van der Waals surface area contributed by atoms with Gasteiger partial charge in [-0.25, -0.2) is 0 Å². The van der Waals surface area contributed by atoms with Gasteiger partial charge in [0.25, 0.3) is 5.91 Å². The molecule has 0 spiro atoms. The minimum atomic E-state index is -0.136. The summed E-state index contributed by atoms with van der Waals surface area (Å²) in [6, 6.07) is 12.6. The number of nitrogens with zero attached hydrogens (tertiary/aromatic N) is 2. The molecule has 1 fully saturated rings. The van der Waals surface area contributed by atoms with Gasteiger partial charge in [0.1, 0.15) is 11.6 Å². The number of likely N-dealkylation sites (tertiary alicyclic amines) is 1. The van der Waals surface area contributed by atoms with E-state index in [1.165, 1.54) is 5.56 Å². The van der Waals surface area contributed by atoms with Gasteiger partial charge in [-0.1, -0.05) is 50.1 Å². The van der Waals surface area contributed by atoms with Crippen molar-refractivity contribution in [1.29, 1.82) is 5.26 Å². The predicted molar refractivity (Wildman–Crippen MR) is 101 cm³/mol. The summed E-state index contributed by atoms with van der Waals surface area (Å²) in [7, 11) is 0. The van der Waals surface area contributed by atoms with Crippen molar-refractivity contribution >= 4 is 5.91 Å². The molecule has 1 aliphatic rings. The van der Waals surface area contributed by atoms with E-state index in [0.717, 1.165) is 58.2 Å². The third-order valence-electron chi connectivity index (χ3n) is 4.79. The van der Waals surface area contributed by atoms with Crippen LogP contribution in [0, 0.1) is 17.2 Å². The van der Waals surface area contributed by atoms with E-state index in [4.69, 9.17) is 0 Å². The number of unbranched alkanes of at least 4 members (excludes halogenated alkanes) is 2. The van der Waals surface area contributed by atoms with Gasteiger partial charge >= 0.3 is 0 Å². The summed E-state index contributed by atoms with van der Waals surface area (Å²) in [6.45, 7) is 4.45. The van der Waals surface area contributed by atoms with Gasteiger partial charge in [0.15, 0.2) is 0 Å². The number of amides is 1. The molecule has 4 heteroatoms. The second-order valence-electron chi connectivity index (χ2n) is 6.76. The van der Waals surface area contributed by atoms with Crippen LogP contribution in [-0.4, -0.2) is 30.4 Å². The predicted octanol–water partition coefficient (Wildman–Crippen LogP) is 3.65. The Kier molecular flexibility index (Phi) is 8.04. The summed E-state index contributed by atoms with van der Waals surface area (Å²) in [4.78, 5) is 14.3. The first-order valence-electron chi connectivity index (χ1n) is 9.41. The number of carbonyl (C=O) groups is 1. The molecule has 0 aromatic heterocycles.